The van der Waals surface area contributed by atoms with Gasteiger partial charge in [-0.2, -0.15) is 0 Å². The van der Waals surface area contributed by atoms with Crippen molar-refractivity contribution < 1.29 is 13.9 Å². The van der Waals surface area contributed by atoms with Crippen molar-refractivity contribution in [3.8, 4) is 0 Å². The normalized spacial score (nSPS) is 10.4. The minimum Gasteiger partial charge on any atom is -0.468 e. The maximum atomic E-state index is 11.3. The molecular weight excluding hydrogens is 224 g/mol. The number of carbonyl (C=O) groups excluding carboxylic acids is 1. The Hall–Kier alpha value is -0.900. The Balaban J connectivity index is 2.11. The molecule has 0 N–H and O–H groups in total. The van der Waals surface area contributed by atoms with E-state index in [4.69, 9.17) is 9.15 Å². The van der Waals surface area contributed by atoms with Crippen molar-refractivity contribution in [2.75, 3.05) is 12.4 Å². The van der Waals surface area contributed by atoms with Gasteiger partial charge in [0, 0.05) is 10.6 Å². The van der Waals surface area contributed by atoms with Crippen molar-refractivity contribution in [3.05, 3.63) is 18.1 Å². The quantitative estimate of drug-likeness (QED) is 0.417. The van der Waals surface area contributed by atoms with Gasteiger partial charge in [0.05, 0.1) is 19.3 Å². The molecule has 0 radical (unpaired) electrons. The van der Waals surface area contributed by atoms with E-state index in [1.54, 1.807) is 18.0 Å². The average Bonchev–Trinajstić information content (AvgIpc) is 2.65. The van der Waals surface area contributed by atoms with Crippen LogP contribution in [0.5, 0.6) is 0 Å². The molecule has 1 aromatic rings. The molecule has 0 fully saturated rings. The number of rotatable bonds is 7. The number of carbonyl (C=O) groups is 1. The van der Waals surface area contributed by atoms with Crippen LogP contribution in [0.4, 0.5) is 0 Å². The lowest BCUT2D eigenvalue weighted by Gasteiger charge is -2.03. The highest BCUT2D eigenvalue weighted by Gasteiger charge is 2.05. The first-order valence-corrected chi connectivity index (χ1v) is 6.55. The van der Waals surface area contributed by atoms with E-state index in [0.717, 1.165) is 29.3 Å². The van der Waals surface area contributed by atoms with Crippen LogP contribution >= 0.6 is 11.8 Å². The van der Waals surface area contributed by atoms with Crippen LogP contribution < -0.4 is 0 Å². The van der Waals surface area contributed by atoms with Crippen LogP contribution in [0.2, 0.25) is 0 Å². The van der Waals surface area contributed by atoms with E-state index in [1.807, 2.05) is 13.0 Å². The second kappa shape index (κ2) is 7.39. The fourth-order valence-electron chi connectivity index (χ4n) is 1.17. The van der Waals surface area contributed by atoms with Crippen LogP contribution in [0.15, 0.2) is 21.6 Å². The average molecular weight is 242 g/mol. The van der Waals surface area contributed by atoms with Crippen LogP contribution in [-0.4, -0.2) is 18.3 Å². The summed E-state index contributed by atoms with van der Waals surface area (Å²) in [7, 11) is 0. The van der Waals surface area contributed by atoms with Gasteiger partial charge in [-0.25, -0.2) is 0 Å². The van der Waals surface area contributed by atoms with Crippen molar-refractivity contribution in [1.82, 2.24) is 0 Å². The summed E-state index contributed by atoms with van der Waals surface area (Å²) >= 11 is 1.63. The first-order valence-electron chi connectivity index (χ1n) is 5.56. The monoisotopic (exact) mass is 242 g/mol. The van der Waals surface area contributed by atoms with E-state index in [0.29, 0.717) is 13.0 Å². The summed E-state index contributed by atoms with van der Waals surface area (Å²) in [4.78, 5) is 12.4. The van der Waals surface area contributed by atoms with E-state index in [9.17, 15) is 4.79 Å². The van der Waals surface area contributed by atoms with Gasteiger partial charge in [-0.3, -0.25) is 4.79 Å². The SMILES string of the molecule is CCCCOC(=O)CCSc1ccoc1C. The van der Waals surface area contributed by atoms with Gasteiger partial charge in [0.25, 0.3) is 0 Å². The molecular formula is C12H18O3S. The zero-order valence-electron chi connectivity index (χ0n) is 9.82. The van der Waals surface area contributed by atoms with Gasteiger partial charge >= 0.3 is 5.97 Å². The van der Waals surface area contributed by atoms with E-state index in [-0.39, 0.29) is 5.97 Å². The van der Waals surface area contributed by atoms with Crippen molar-refractivity contribution in [2.45, 2.75) is 38.0 Å². The number of esters is 1. The van der Waals surface area contributed by atoms with Gasteiger partial charge in [-0.15, -0.1) is 11.8 Å². The van der Waals surface area contributed by atoms with E-state index in [2.05, 4.69) is 6.92 Å². The number of furan rings is 1. The summed E-state index contributed by atoms with van der Waals surface area (Å²) in [5, 5.41) is 0. The predicted octanol–water partition coefficient (Wildman–Crippen LogP) is 3.41. The van der Waals surface area contributed by atoms with Gasteiger partial charge in [0.2, 0.25) is 0 Å². The standard InChI is InChI=1S/C12H18O3S/c1-3-4-7-15-12(13)6-9-16-11-5-8-14-10(11)2/h5,8H,3-4,6-7,9H2,1-2H3. The second-order valence-electron chi connectivity index (χ2n) is 3.51. The number of thioether (sulfide) groups is 1. The predicted molar refractivity (Wildman–Crippen MR) is 64.7 cm³/mol. The fourth-order valence-corrected chi connectivity index (χ4v) is 2.06. The van der Waals surface area contributed by atoms with Crippen LogP contribution in [0.1, 0.15) is 31.9 Å². The Kier molecular flexibility index (Phi) is 6.08. The molecule has 4 heteroatoms. The molecule has 0 atom stereocenters. The second-order valence-corrected chi connectivity index (χ2v) is 4.65. The van der Waals surface area contributed by atoms with Crippen LogP contribution in [0.3, 0.4) is 0 Å². The third-order valence-corrected chi connectivity index (χ3v) is 3.28. The largest absolute Gasteiger partial charge is 0.468 e. The zero-order valence-corrected chi connectivity index (χ0v) is 10.6. The van der Waals surface area contributed by atoms with Crippen molar-refractivity contribution in [2.24, 2.45) is 0 Å². The maximum Gasteiger partial charge on any atom is 0.306 e. The molecule has 0 saturated carbocycles. The first kappa shape index (κ1) is 13.2. The molecule has 0 spiro atoms. The maximum absolute atomic E-state index is 11.3. The highest BCUT2D eigenvalue weighted by atomic mass is 32.2. The number of ether oxygens (including phenoxy) is 1. The third-order valence-electron chi connectivity index (χ3n) is 2.14. The zero-order chi connectivity index (χ0) is 11.8. The molecule has 0 aromatic carbocycles. The van der Waals surface area contributed by atoms with E-state index < -0.39 is 0 Å². The molecule has 0 saturated heterocycles. The number of unbranched alkanes of at least 4 members (excludes halogenated alkanes) is 1. The molecule has 0 amide bonds. The van der Waals surface area contributed by atoms with E-state index in [1.165, 1.54) is 0 Å². The molecule has 1 heterocycles. The summed E-state index contributed by atoms with van der Waals surface area (Å²) in [6, 6.07) is 1.92. The van der Waals surface area contributed by atoms with Crippen molar-refractivity contribution in [1.29, 1.82) is 0 Å². The Morgan fingerprint density at radius 3 is 3.00 bits per heavy atom. The molecule has 1 aromatic heterocycles. The summed E-state index contributed by atoms with van der Waals surface area (Å²) in [6.45, 7) is 4.54. The molecule has 0 bridgehead atoms. The van der Waals surface area contributed by atoms with Crippen LogP contribution in [0.25, 0.3) is 0 Å². The Bertz CT molecular complexity index is 320. The first-order chi connectivity index (χ1) is 7.74. The summed E-state index contributed by atoms with van der Waals surface area (Å²) < 4.78 is 10.2. The Labute approximate surface area is 101 Å². The minimum absolute atomic E-state index is 0.109. The van der Waals surface area contributed by atoms with E-state index >= 15 is 0 Å². The number of hydrogen-bond acceptors (Lipinski definition) is 4. The minimum atomic E-state index is -0.109. The smallest absolute Gasteiger partial charge is 0.306 e. The molecule has 0 unspecified atom stereocenters. The Morgan fingerprint density at radius 2 is 2.38 bits per heavy atom. The fraction of sp³-hybridized carbons (Fsp3) is 0.583. The molecule has 0 aliphatic rings. The summed E-state index contributed by atoms with van der Waals surface area (Å²) in [5.41, 5.74) is 0. The lowest BCUT2D eigenvalue weighted by Crippen LogP contribution is -2.06. The molecule has 16 heavy (non-hydrogen) atoms. The molecule has 0 aliphatic heterocycles. The van der Waals surface area contributed by atoms with Gasteiger partial charge in [0.1, 0.15) is 5.76 Å². The van der Waals surface area contributed by atoms with Crippen molar-refractivity contribution in [3.63, 3.8) is 0 Å². The lowest BCUT2D eigenvalue weighted by atomic mass is 10.4. The van der Waals surface area contributed by atoms with Gasteiger partial charge in [0.15, 0.2) is 0 Å². The van der Waals surface area contributed by atoms with Crippen LogP contribution in [-0.2, 0) is 9.53 Å². The molecule has 0 aliphatic carbocycles. The van der Waals surface area contributed by atoms with Crippen molar-refractivity contribution >= 4 is 17.7 Å². The third kappa shape index (κ3) is 4.75. The topological polar surface area (TPSA) is 39.4 Å². The lowest BCUT2D eigenvalue weighted by molar-refractivity contribution is -0.143. The Morgan fingerprint density at radius 1 is 1.56 bits per heavy atom. The van der Waals surface area contributed by atoms with Gasteiger partial charge < -0.3 is 9.15 Å². The number of aryl methyl sites for hydroxylation is 1. The molecule has 90 valence electrons. The highest BCUT2D eigenvalue weighted by Crippen LogP contribution is 2.23. The summed E-state index contributed by atoms with van der Waals surface area (Å²) in [5.74, 6) is 1.54. The van der Waals surface area contributed by atoms with Crippen LogP contribution in [0, 0.1) is 6.92 Å². The molecule has 3 nitrogen and oxygen atoms in total. The summed E-state index contributed by atoms with van der Waals surface area (Å²) in [6.07, 6.45) is 4.12. The van der Waals surface area contributed by atoms with Gasteiger partial charge in [-0.1, -0.05) is 13.3 Å². The number of hydrogen-bond donors (Lipinski definition) is 0. The van der Waals surface area contributed by atoms with Gasteiger partial charge in [-0.05, 0) is 19.4 Å². The molecule has 1 rings (SSSR count). The highest BCUT2D eigenvalue weighted by molar-refractivity contribution is 7.99.